The van der Waals surface area contributed by atoms with Crippen LogP contribution in [-0.2, 0) is 4.74 Å². The molecule has 2 aromatic rings. The van der Waals surface area contributed by atoms with Gasteiger partial charge in [-0.2, -0.15) is 0 Å². The predicted molar refractivity (Wildman–Crippen MR) is 106 cm³/mol. The van der Waals surface area contributed by atoms with E-state index in [1.807, 2.05) is 0 Å². The highest BCUT2D eigenvalue weighted by Gasteiger charge is 2.38. The van der Waals surface area contributed by atoms with Crippen molar-refractivity contribution in [2.75, 3.05) is 19.5 Å². The third kappa shape index (κ3) is 3.20. The fourth-order valence-electron chi connectivity index (χ4n) is 3.09. The molecule has 0 spiro atoms. The highest BCUT2D eigenvalue weighted by molar-refractivity contribution is 9.12. The van der Waals surface area contributed by atoms with E-state index < -0.39 is 17.5 Å². The number of hydrogen-bond acceptors (Lipinski definition) is 7. The van der Waals surface area contributed by atoms with Crippen LogP contribution in [-0.4, -0.2) is 36.7 Å². The van der Waals surface area contributed by atoms with E-state index in [-0.39, 0.29) is 26.9 Å². The summed E-state index contributed by atoms with van der Waals surface area (Å²) in [6.07, 6.45) is 0. The lowest BCUT2D eigenvalue weighted by Crippen LogP contribution is -2.29. The van der Waals surface area contributed by atoms with E-state index in [0.29, 0.717) is 22.8 Å². The number of aryl methyl sites for hydroxylation is 2. The number of Topliss-reactive ketones (excluding diaryl/α,β-unsaturated/α-hetero) is 2. The number of halogens is 1. The zero-order chi connectivity index (χ0) is 20.6. The van der Waals surface area contributed by atoms with Crippen molar-refractivity contribution >= 4 is 39.2 Å². The molecule has 0 fully saturated rings. The molecular weight excluding hydrogens is 428 g/mol. The monoisotopic (exact) mass is 444 g/mol. The maximum absolute atomic E-state index is 13.2. The quantitative estimate of drug-likeness (QED) is 0.719. The number of benzene rings is 1. The number of allylic oxidation sites excluding steroid dienone is 2. The van der Waals surface area contributed by atoms with Gasteiger partial charge in [0.1, 0.15) is 11.4 Å². The smallest absolute Gasteiger partial charge is 0.340 e. The summed E-state index contributed by atoms with van der Waals surface area (Å²) in [5, 5.41) is 2.97. The number of rotatable bonds is 4. The number of hydrogen-bond donors (Lipinski definition) is 1. The van der Waals surface area contributed by atoms with Crippen LogP contribution in [0.3, 0.4) is 0 Å². The molecule has 8 heteroatoms. The molecule has 0 bridgehead atoms. The highest BCUT2D eigenvalue weighted by Crippen LogP contribution is 2.35. The second kappa shape index (κ2) is 7.55. The van der Waals surface area contributed by atoms with E-state index in [9.17, 15) is 14.4 Å². The first-order valence-corrected chi connectivity index (χ1v) is 9.09. The molecule has 28 heavy (non-hydrogen) atoms. The first-order valence-electron chi connectivity index (χ1n) is 8.29. The summed E-state index contributed by atoms with van der Waals surface area (Å²) in [4.78, 5) is 42.7. The molecule has 1 aromatic carbocycles. The molecule has 3 rings (SSSR count). The number of ketones is 2. The molecule has 0 amide bonds. The Kier molecular flexibility index (Phi) is 5.33. The van der Waals surface area contributed by atoms with Crippen molar-refractivity contribution in [3.63, 3.8) is 0 Å². The molecule has 0 aliphatic heterocycles. The summed E-state index contributed by atoms with van der Waals surface area (Å²) in [7, 11) is 2.77. The Morgan fingerprint density at radius 1 is 1.00 bits per heavy atom. The maximum Gasteiger partial charge on any atom is 0.340 e. The van der Waals surface area contributed by atoms with Gasteiger partial charge < -0.3 is 14.8 Å². The summed E-state index contributed by atoms with van der Waals surface area (Å²) in [5.41, 5.74) is 1.48. The summed E-state index contributed by atoms with van der Waals surface area (Å²) in [5.74, 6) is -0.977. The van der Waals surface area contributed by atoms with Crippen LogP contribution in [0.25, 0.3) is 0 Å². The van der Waals surface area contributed by atoms with Crippen molar-refractivity contribution in [2.24, 2.45) is 0 Å². The molecule has 0 saturated heterocycles. The topological polar surface area (TPSA) is 94.6 Å². The third-order valence-electron chi connectivity index (χ3n) is 4.41. The number of nitrogens with one attached hydrogen (secondary N) is 1. The van der Waals surface area contributed by atoms with Crippen molar-refractivity contribution in [1.82, 2.24) is 4.98 Å². The molecule has 1 aromatic heterocycles. The van der Waals surface area contributed by atoms with Crippen LogP contribution in [0.2, 0.25) is 0 Å². The number of carbonyl (C=O) groups is 3. The van der Waals surface area contributed by atoms with E-state index >= 15 is 0 Å². The Balaban J connectivity index is 2.13. The molecule has 0 atom stereocenters. The molecule has 7 nitrogen and oxygen atoms in total. The predicted octanol–water partition coefficient (Wildman–Crippen LogP) is 3.59. The van der Waals surface area contributed by atoms with E-state index in [4.69, 9.17) is 9.47 Å². The van der Waals surface area contributed by atoms with Gasteiger partial charge in [0.2, 0.25) is 11.6 Å². The summed E-state index contributed by atoms with van der Waals surface area (Å²) >= 11 is 3.22. The number of nitrogens with zero attached hydrogens (tertiary/aromatic N) is 1. The normalized spacial score (nSPS) is 13.3. The standard InChI is InChI=1S/C20H17BrN2O5/c1-9-13-15(14(10(2)22-9)20(26)28-4)18(24)16(21)17(19(13)25)23-11-5-7-12(27-3)8-6-11/h5-8,23H,1-4H3. The number of methoxy groups -OCH3 is 2. The summed E-state index contributed by atoms with van der Waals surface area (Å²) in [6, 6.07) is 6.90. The number of pyridine rings is 1. The lowest BCUT2D eigenvalue weighted by atomic mass is 9.87. The SMILES string of the molecule is COC(=O)c1c(C)nc(C)c2c1C(=O)C(Br)=C(Nc1ccc(OC)cc1)C2=O. The minimum atomic E-state index is -0.714. The lowest BCUT2D eigenvalue weighted by Gasteiger charge is -2.23. The van der Waals surface area contributed by atoms with Crippen LogP contribution in [0.15, 0.2) is 34.4 Å². The molecule has 1 aliphatic carbocycles. The zero-order valence-electron chi connectivity index (χ0n) is 15.7. The minimum Gasteiger partial charge on any atom is -0.497 e. The van der Waals surface area contributed by atoms with E-state index in [2.05, 4.69) is 26.2 Å². The number of aromatic nitrogens is 1. The Bertz CT molecular complexity index is 1040. The van der Waals surface area contributed by atoms with Gasteiger partial charge in [-0.15, -0.1) is 0 Å². The Morgan fingerprint density at radius 2 is 1.64 bits per heavy atom. The highest BCUT2D eigenvalue weighted by atomic mass is 79.9. The maximum atomic E-state index is 13.2. The summed E-state index contributed by atoms with van der Waals surface area (Å²) in [6.45, 7) is 3.22. The van der Waals surface area contributed by atoms with Crippen molar-refractivity contribution in [1.29, 1.82) is 0 Å². The van der Waals surface area contributed by atoms with Gasteiger partial charge in [-0.3, -0.25) is 14.6 Å². The average molecular weight is 445 g/mol. The van der Waals surface area contributed by atoms with Crippen molar-refractivity contribution in [2.45, 2.75) is 13.8 Å². The fraction of sp³-hybridized carbons (Fsp3) is 0.200. The lowest BCUT2D eigenvalue weighted by molar-refractivity contribution is 0.0596. The largest absolute Gasteiger partial charge is 0.497 e. The third-order valence-corrected chi connectivity index (χ3v) is 5.16. The van der Waals surface area contributed by atoms with Crippen LogP contribution in [0.4, 0.5) is 5.69 Å². The minimum absolute atomic E-state index is 0.00176. The molecule has 144 valence electrons. The van der Waals surface area contributed by atoms with Crippen LogP contribution >= 0.6 is 15.9 Å². The fourth-order valence-corrected chi connectivity index (χ4v) is 3.56. The van der Waals surface area contributed by atoms with Crippen molar-refractivity contribution in [3.05, 3.63) is 62.5 Å². The van der Waals surface area contributed by atoms with E-state index in [0.717, 1.165) is 0 Å². The molecule has 0 radical (unpaired) electrons. The Morgan fingerprint density at radius 3 is 2.21 bits per heavy atom. The van der Waals surface area contributed by atoms with Crippen molar-refractivity contribution in [3.8, 4) is 5.75 Å². The van der Waals surface area contributed by atoms with Gasteiger partial charge in [0, 0.05) is 11.4 Å². The average Bonchev–Trinajstić information content (AvgIpc) is 2.69. The Hall–Kier alpha value is -3.00. The van der Waals surface area contributed by atoms with Crippen LogP contribution in [0.1, 0.15) is 42.5 Å². The second-order valence-electron chi connectivity index (χ2n) is 6.10. The molecule has 1 aliphatic rings. The summed E-state index contributed by atoms with van der Waals surface area (Å²) < 4.78 is 9.94. The second-order valence-corrected chi connectivity index (χ2v) is 6.89. The van der Waals surface area contributed by atoms with Gasteiger partial charge in [-0.25, -0.2) is 4.79 Å². The number of anilines is 1. The van der Waals surface area contributed by atoms with Gasteiger partial charge in [0.25, 0.3) is 0 Å². The molecule has 1 heterocycles. The number of esters is 1. The number of carbonyl (C=O) groups excluding carboxylic acids is 3. The zero-order valence-corrected chi connectivity index (χ0v) is 17.3. The van der Waals surface area contributed by atoms with Crippen molar-refractivity contribution < 1.29 is 23.9 Å². The van der Waals surface area contributed by atoms with E-state index in [1.54, 1.807) is 45.2 Å². The molecular formula is C20H17BrN2O5. The first kappa shape index (κ1) is 19.8. The Labute approximate surface area is 169 Å². The molecule has 1 N–H and O–H groups in total. The molecule has 0 saturated carbocycles. The van der Waals surface area contributed by atoms with E-state index in [1.165, 1.54) is 7.11 Å². The van der Waals surface area contributed by atoms with Gasteiger partial charge in [-0.1, -0.05) is 0 Å². The van der Waals surface area contributed by atoms with Gasteiger partial charge in [0.15, 0.2) is 0 Å². The van der Waals surface area contributed by atoms with Gasteiger partial charge in [0.05, 0.1) is 41.1 Å². The molecule has 0 unspecified atom stereocenters. The van der Waals surface area contributed by atoms with Crippen LogP contribution < -0.4 is 10.1 Å². The van der Waals surface area contributed by atoms with Gasteiger partial charge >= 0.3 is 5.97 Å². The first-order chi connectivity index (χ1) is 13.3. The number of fused-ring (bicyclic) bond motifs is 1. The van der Waals surface area contributed by atoms with Crippen LogP contribution in [0.5, 0.6) is 5.75 Å². The van der Waals surface area contributed by atoms with Crippen LogP contribution in [0, 0.1) is 13.8 Å². The number of ether oxygens (including phenoxy) is 2. The van der Waals surface area contributed by atoms with Gasteiger partial charge in [-0.05, 0) is 54.0 Å².